The number of rotatable bonds is 3. The Balaban J connectivity index is 1.88. The average Bonchev–Trinajstić information content (AvgIpc) is 2.47. The van der Waals surface area contributed by atoms with Crippen LogP contribution in [0.5, 0.6) is 0 Å². The standard InChI is InChI=1S/C14H19N3O3/c18-14(19)11-9-10-3-1-2-4-12(10)15-13(11)16-17-5-7-20-8-6-17/h9H,1-8H2,(H,15,16)(H,18,19). The van der Waals surface area contributed by atoms with Gasteiger partial charge in [-0.3, -0.25) is 0 Å². The van der Waals surface area contributed by atoms with Crippen molar-refractivity contribution in [2.24, 2.45) is 0 Å². The van der Waals surface area contributed by atoms with Gasteiger partial charge in [-0.1, -0.05) is 0 Å². The van der Waals surface area contributed by atoms with Crippen molar-refractivity contribution in [3.05, 3.63) is 22.9 Å². The van der Waals surface area contributed by atoms with Crippen molar-refractivity contribution in [1.82, 2.24) is 9.99 Å². The minimum Gasteiger partial charge on any atom is -0.478 e. The van der Waals surface area contributed by atoms with Crippen molar-refractivity contribution < 1.29 is 14.6 Å². The van der Waals surface area contributed by atoms with Gasteiger partial charge in [0, 0.05) is 18.8 Å². The maximum Gasteiger partial charge on any atom is 0.339 e. The highest BCUT2D eigenvalue weighted by atomic mass is 16.5. The first-order valence-electron chi connectivity index (χ1n) is 7.09. The molecular weight excluding hydrogens is 258 g/mol. The number of pyridine rings is 1. The lowest BCUT2D eigenvalue weighted by molar-refractivity contribution is 0.0493. The Labute approximate surface area is 117 Å². The van der Waals surface area contributed by atoms with E-state index in [9.17, 15) is 9.90 Å². The Morgan fingerprint density at radius 2 is 2.05 bits per heavy atom. The van der Waals surface area contributed by atoms with Gasteiger partial charge in [-0.2, -0.15) is 0 Å². The zero-order valence-corrected chi connectivity index (χ0v) is 11.4. The third-order valence-corrected chi connectivity index (χ3v) is 3.81. The van der Waals surface area contributed by atoms with Crippen molar-refractivity contribution >= 4 is 11.8 Å². The number of ether oxygens (including phenoxy) is 1. The van der Waals surface area contributed by atoms with E-state index < -0.39 is 5.97 Å². The number of nitrogens with one attached hydrogen (secondary N) is 1. The minimum absolute atomic E-state index is 0.261. The van der Waals surface area contributed by atoms with Crippen LogP contribution in [0.4, 0.5) is 5.82 Å². The number of carbonyl (C=O) groups is 1. The van der Waals surface area contributed by atoms with E-state index in [1.165, 1.54) is 0 Å². The zero-order valence-electron chi connectivity index (χ0n) is 11.4. The van der Waals surface area contributed by atoms with E-state index in [2.05, 4.69) is 10.4 Å². The lowest BCUT2D eigenvalue weighted by atomic mass is 9.95. The van der Waals surface area contributed by atoms with Crippen LogP contribution in [0.2, 0.25) is 0 Å². The number of aryl methyl sites for hydroxylation is 2. The number of nitrogens with zero attached hydrogens (tertiary/aromatic N) is 2. The van der Waals surface area contributed by atoms with Gasteiger partial charge in [0.05, 0.1) is 13.2 Å². The maximum absolute atomic E-state index is 11.4. The molecule has 1 aromatic rings. The fraction of sp³-hybridized carbons (Fsp3) is 0.571. The molecular formula is C14H19N3O3. The molecule has 1 fully saturated rings. The molecule has 0 bridgehead atoms. The molecule has 1 aliphatic carbocycles. The second-order valence-electron chi connectivity index (χ2n) is 5.21. The van der Waals surface area contributed by atoms with E-state index in [4.69, 9.17) is 4.74 Å². The first kappa shape index (κ1) is 13.3. The van der Waals surface area contributed by atoms with Gasteiger partial charge in [0.25, 0.3) is 0 Å². The smallest absolute Gasteiger partial charge is 0.339 e. The molecule has 1 saturated heterocycles. The number of carboxylic acids is 1. The molecule has 1 aromatic heterocycles. The summed E-state index contributed by atoms with van der Waals surface area (Å²) in [6.07, 6.45) is 4.11. The molecule has 0 atom stereocenters. The first-order chi connectivity index (χ1) is 9.74. The SMILES string of the molecule is O=C(O)c1cc2c(nc1NN1CCOCC1)CCCC2. The summed E-state index contributed by atoms with van der Waals surface area (Å²) in [6.45, 7) is 2.77. The number of hydrogen-bond acceptors (Lipinski definition) is 5. The molecule has 0 amide bonds. The summed E-state index contributed by atoms with van der Waals surface area (Å²) in [5.41, 5.74) is 5.53. The summed E-state index contributed by atoms with van der Waals surface area (Å²) in [4.78, 5) is 16.0. The fourth-order valence-electron chi connectivity index (χ4n) is 2.71. The van der Waals surface area contributed by atoms with Gasteiger partial charge in [-0.05, 0) is 37.3 Å². The van der Waals surface area contributed by atoms with Crippen molar-refractivity contribution in [3.8, 4) is 0 Å². The van der Waals surface area contributed by atoms with Crippen LogP contribution < -0.4 is 5.43 Å². The second kappa shape index (κ2) is 5.76. The summed E-state index contributed by atoms with van der Waals surface area (Å²) < 4.78 is 5.29. The first-order valence-corrected chi connectivity index (χ1v) is 7.09. The molecule has 0 aromatic carbocycles. The summed E-state index contributed by atoms with van der Waals surface area (Å²) in [6, 6.07) is 1.78. The van der Waals surface area contributed by atoms with Crippen LogP contribution in [0.3, 0.4) is 0 Å². The van der Waals surface area contributed by atoms with E-state index in [1.54, 1.807) is 6.07 Å². The minimum atomic E-state index is -0.929. The Morgan fingerprint density at radius 3 is 2.80 bits per heavy atom. The molecule has 1 aliphatic heterocycles. The van der Waals surface area contributed by atoms with E-state index >= 15 is 0 Å². The normalized spacial score (nSPS) is 19.4. The lowest BCUT2D eigenvalue weighted by Crippen LogP contribution is -2.41. The third-order valence-electron chi connectivity index (χ3n) is 3.81. The molecule has 6 heteroatoms. The third kappa shape index (κ3) is 2.76. The van der Waals surface area contributed by atoms with Gasteiger partial charge in [0.1, 0.15) is 5.56 Å². The van der Waals surface area contributed by atoms with Crippen LogP contribution in [0.1, 0.15) is 34.5 Å². The lowest BCUT2D eigenvalue weighted by Gasteiger charge is -2.28. The Morgan fingerprint density at radius 1 is 1.30 bits per heavy atom. The molecule has 0 unspecified atom stereocenters. The molecule has 2 heterocycles. The topological polar surface area (TPSA) is 74.7 Å². The van der Waals surface area contributed by atoms with Crippen LogP contribution in [0.25, 0.3) is 0 Å². The quantitative estimate of drug-likeness (QED) is 0.868. The van der Waals surface area contributed by atoms with Crippen LogP contribution in [-0.2, 0) is 17.6 Å². The summed E-state index contributed by atoms with van der Waals surface area (Å²) in [5, 5.41) is 11.3. The molecule has 3 rings (SSSR count). The summed E-state index contributed by atoms with van der Waals surface area (Å²) in [7, 11) is 0. The molecule has 2 N–H and O–H groups in total. The largest absolute Gasteiger partial charge is 0.478 e. The Hall–Kier alpha value is -1.66. The number of anilines is 1. The molecule has 0 radical (unpaired) electrons. The highest BCUT2D eigenvalue weighted by Crippen LogP contribution is 2.25. The van der Waals surface area contributed by atoms with Crippen molar-refractivity contribution in [3.63, 3.8) is 0 Å². The summed E-state index contributed by atoms with van der Waals surface area (Å²) in [5.74, 6) is -0.471. The van der Waals surface area contributed by atoms with Gasteiger partial charge >= 0.3 is 5.97 Å². The molecule has 20 heavy (non-hydrogen) atoms. The predicted molar refractivity (Wildman–Crippen MR) is 73.9 cm³/mol. The predicted octanol–water partition coefficient (Wildman–Crippen LogP) is 1.32. The highest BCUT2D eigenvalue weighted by Gasteiger charge is 2.20. The fourth-order valence-corrected chi connectivity index (χ4v) is 2.71. The number of morpholine rings is 1. The van der Waals surface area contributed by atoms with Crippen molar-refractivity contribution in [2.45, 2.75) is 25.7 Å². The van der Waals surface area contributed by atoms with E-state index in [0.29, 0.717) is 19.0 Å². The van der Waals surface area contributed by atoms with Gasteiger partial charge < -0.3 is 15.3 Å². The zero-order chi connectivity index (χ0) is 13.9. The van der Waals surface area contributed by atoms with E-state index in [0.717, 1.165) is 50.0 Å². The number of carboxylic acid groups (broad SMARTS) is 1. The van der Waals surface area contributed by atoms with Crippen LogP contribution in [0, 0.1) is 0 Å². The van der Waals surface area contributed by atoms with Gasteiger partial charge in [0.15, 0.2) is 5.82 Å². The van der Waals surface area contributed by atoms with Crippen LogP contribution >= 0.6 is 0 Å². The summed E-state index contributed by atoms with van der Waals surface area (Å²) >= 11 is 0. The molecule has 0 spiro atoms. The maximum atomic E-state index is 11.4. The van der Waals surface area contributed by atoms with Crippen molar-refractivity contribution in [2.75, 3.05) is 31.7 Å². The average molecular weight is 277 g/mol. The monoisotopic (exact) mass is 277 g/mol. The van der Waals surface area contributed by atoms with E-state index in [-0.39, 0.29) is 5.56 Å². The Kier molecular flexibility index (Phi) is 3.84. The van der Waals surface area contributed by atoms with Crippen LogP contribution in [-0.4, -0.2) is 47.4 Å². The molecule has 6 nitrogen and oxygen atoms in total. The highest BCUT2D eigenvalue weighted by molar-refractivity contribution is 5.93. The van der Waals surface area contributed by atoms with Crippen molar-refractivity contribution in [1.29, 1.82) is 0 Å². The molecule has 2 aliphatic rings. The number of aromatic carboxylic acids is 1. The Bertz CT molecular complexity index is 513. The number of fused-ring (bicyclic) bond motifs is 1. The number of hydrazine groups is 1. The second-order valence-corrected chi connectivity index (χ2v) is 5.21. The van der Waals surface area contributed by atoms with Gasteiger partial charge in [-0.15, -0.1) is 0 Å². The van der Waals surface area contributed by atoms with Crippen LogP contribution in [0.15, 0.2) is 6.07 Å². The van der Waals surface area contributed by atoms with E-state index in [1.807, 2.05) is 5.01 Å². The molecule has 0 saturated carbocycles. The number of aromatic nitrogens is 1. The van der Waals surface area contributed by atoms with Gasteiger partial charge in [-0.25, -0.2) is 14.8 Å². The van der Waals surface area contributed by atoms with Gasteiger partial charge in [0.2, 0.25) is 0 Å². The molecule has 108 valence electrons. The number of hydrogen-bond donors (Lipinski definition) is 2.